The van der Waals surface area contributed by atoms with E-state index < -0.39 is 0 Å². The minimum Gasteiger partial charge on any atom is -0.308 e. The van der Waals surface area contributed by atoms with Gasteiger partial charge in [0, 0.05) is 18.2 Å². The van der Waals surface area contributed by atoms with E-state index in [2.05, 4.69) is 41.4 Å². The Hall–Kier alpha value is -1.94. The molecule has 0 aliphatic heterocycles. The first-order chi connectivity index (χ1) is 9.19. The van der Waals surface area contributed by atoms with Gasteiger partial charge in [-0.1, -0.05) is 44.2 Å². The maximum Gasteiger partial charge on any atom is 0.143 e. The standard InChI is InChI=1S/C15H20N4/c1-11(2)13-10-15(19-16)18-14(17-13)9-8-12-6-4-3-5-7-12/h3-7,10-11H,8-9,16H2,1-2H3,(H,17,18,19). The molecular formula is C15H20N4. The zero-order valence-corrected chi connectivity index (χ0v) is 11.4. The number of hydrazine groups is 1. The average molecular weight is 256 g/mol. The first-order valence-electron chi connectivity index (χ1n) is 6.57. The van der Waals surface area contributed by atoms with Gasteiger partial charge < -0.3 is 5.43 Å². The number of hydrogen-bond donors (Lipinski definition) is 2. The van der Waals surface area contributed by atoms with E-state index in [1.165, 1.54) is 5.56 Å². The van der Waals surface area contributed by atoms with Crippen molar-refractivity contribution in [2.24, 2.45) is 5.84 Å². The summed E-state index contributed by atoms with van der Waals surface area (Å²) in [5, 5.41) is 0. The topological polar surface area (TPSA) is 63.8 Å². The van der Waals surface area contributed by atoms with Crippen molar-refractivity contribution in [2.45, 2.75) is 32.6 Å². The minimum absolute atomic E-state index is 0.366. The number of aromatic nitrogens is 2. The highest BCUT2D eigenvalue weighted by Gasteiger charge is 2.07. The zero-order chi connectivity index (χ0) is 13.7. The maximum atomic E-state index is 5.45. The van der Waals surface area contributed by atoms with Crippen molar-refractivity contribution in [1.82, 2.24) is 9.97 Å². The van der Waals surface area contributed by atoms with Crippen LogP contribution in [0.1, 0.15) is 36.8 Å². The molecule has 19 heavy (non-hydrogen) atoms. The van der Waals surface area contributed by atoms with Gasteiger partial charge in [-0.2, -0.15) is 0 Å². The molecule has 1 heterocycles. The van der Waals surface area contributed by atoms with Crippen molar-refractivity contribution in [2.75, 3.05) is 5.43 Å². The fraction of sp³-hybridized carbons (Fsp3) is 0.333. The lowest BCUT2D eigenvalue weighted by molar-refractivity contribution is 0.771. The predicted octanol–water partition coefficient (Wildman–Crippen LogP) is 2.67. The smallest absolute Gasteiger partial charge is 0.143 e. The molecule has 0 atom stereocenters. The Morgan fingerprint density at radius 1 is 1.11 bits per heavy atom. The first kappa shape index (κ1) is 13.5. The summed E-state index contributed by atoms with van der Waals surface area (Å²) < 4.78 is 0. The lowest BCUT2D eigenvalue weighted by Gasteiger charge is -2.10. The molecule has 2 rings (SSSR count). The summed E-state index contributed by atoms with van der Waals surface area (Å²) in [6.45, 7) is 4.23. The molecule has 0 aliphatic carbocycles. The number of rotatable bonds is 5. The molecule has 100 valence electrons. The third kappa shape index (κ3) is 3.76. The summed E-state index contributed by atoms with van der Waals surface area (Å²) in [5.74, 6) is 7.34. The van der Waals surface area contributed by atoms with Crippen LogP contribution < -0.4 is 11.3 Å². The zero-order valence-electron chi connectivity index (χ0n) is 11.4. The Labute approximate surface area is 114 Å². The SMILES string of the molecule is CC(C)c1cc(NN)nc(CCc2ccccc2)n1. The van der Waals surface area contributed by atoms with Gasteiger partial charge in [-0.25, -0.2) is 15.8 Å². The number of hydrogen-bond acceptors (Lipinski definition) is 4. The van der Waals surface area contributed by atoms with E-state index in [0.29, 0.717) is 11.7 Å². The molecule has 0 amide bonds. The monoisotopic (exact) mass is 256 g/mol. The van der Waals surface area contributed by atoms with Gasteiger partial charge in [-0.05, 0) is 17.9 Å². The predicted molar refractivity (Wildman–Crippen MR) is 77.8 cm³/mol. The summed E-state index contributed by atoms with van der Waals surface area (Å²) in [7, 11) is 0. The van der Waals surface area contributed by atoms with Crippen LogP contribution in [0.4, 0.5) is 5.82 Å². The molecule has 0 bridgehead atoms. The van der Waals surface area contributed by atoms with Gasteiger partial charge in [0.25, 0.3) is 0 Å². The van der Waals surface area contributed by atoms with Crippen molar-refractivity contribution in [3.63, 3.8) is 0 Å². The van der Waals surface area contributed by atoms with E-state index in [0.717, 1.165) is 24.4 Å². The van der Waals surface area contributed by atoms with E-state index in [4.69, 9.17) is 5.84 Å². The molecular weight excluding hydrogens is 236 g/mol. The van der Waals surface area contributed by atoms with Crippen molar-refractivity contribution >= 4 is 5.82 Å². The number of aryl methyl sites for hydroxylation is 2. The van der Waals surface area contributed by atoms with Crippen LogP contribution in [0.15, 0.2) is 36.4 Å². The maximum absolute atomic E-state index is 5.45. The van der Waals surface area contributed by atoms with Crippen LogP contribution >= 0.6 is 0 Å². The Bertz CT molecular complexity index is 523. The summed E-state index contributed by atoms with van der Waals surface area (Å²) in [5.41, 5.74) is 4.92. The van der Waals surface area contributed by atoms with Gasteiger partial charge >= 0.3 is 0 Å². The van der Waals surface area contributed by atoms with Crippen LogP contribution in [-0.2, 0) is 12.8 Å². The number of nitrogens with two attached hydrogens (primary N) is 1. The highest BCUT2D eigenvalue weighted by molar-refractivity contribution is 5.35. The molecule has 3 N–H and O–H groups in total. The molecule has 0 spiro atoms. The Morgan fingerprint density at radius 3 is 2.47 bits per heavy atom. The van der Waals surface area contributed by atoms with Crippen molar-refractivity contribution in [3.8, 4) is 0 Å². The van der Waals surface area contributed by atoms with E-state index in [1.54, 1.807) is 0 Å². The number of nitrogens with zero attached hydrogens (tertiary/aromatic N) is 2. The second-order valence-corrected chi connectivity index (χ2v) is 4.88. The summed E-state index contributed by atoms with van der Waals surface area (Å²) in [4.78, 5) is 8.99. The molecule has 0 radical (unpaired) electrons. The molecule has 4 nitrogen and oxygen atoms in total. The fourth-order valence-electron chi connectivity index (χ4n) is 1.90. The minimum atomic E-state index is 0.366. The first-order valence-corrected chi connectivity index (χ1v) is 6.57. The fourth-order valence-corrected chi connectivity index (χ4v) is 1.90. The lowest BCUT2D eigenvalue weighted by atomic mass is 10.1. The van der Waals surface area contributed by atoms with Gasteiger partial charge in [0.05, 0.1) is 0 Å². The van der Waals surface area contributed by atoms with Gasteiger partial charge in [0.2, 0.25) is 0 Å². The molecule has 2 aromatic rings. The summed E-state index contributed by atoms with van der Waals surface area (Å²) in [6.07, 6.45) is 1.76. The molecule has 0 saturated heterocycles. The summed E-state index contributed by atoms with van der Waals surface area (Å²) >= 11 is 0. The molecule has 1 aromatic carbocycles. The van der Waals surface area contributed by atoms with Crippen LogP contribution in [0.3, 0.4) is 0 Å². The van der Waals surface area contributed by atoms with Gasteiger partial charge in [0.15, 0.2) is 0 Å². The number of benzene rings is 1. The van der Waals surface area contributed by atoms with Gasteiger partial charge in [-0.15, -0.1) is 0 Å². The van der Waals surface area contributed by atoms with E-state index in [-0.39, 0.29) is 0 Å². The third-order valence-corrected chi connectivity index (χ3v) is 3.01. The molecule has 4 heteroatoms. The van der Waals surface area contributed by atoms with Crippen molar-refractivity contribution in [3.05, 3.63) is 53.5 Å². The van der Waals surface area contributed by atoms with Crippen LogP contribution in [0.2, 0.25) is 0 Å². The normalized spacial score (nSPS) is 10.7. The molecule has 0 unspecified atom stereocenters. The average Bonchev–Trinajstić information content (AvgIpc) is 2.45. The highest BCUT2D eigenvalue weighted by atomic mass is 15.3. The molecule has 0 fully saturated rings. The molecule has 1 aromatic heterocycles. The number of nitrogen functional groups attached to an aromatic ring is 1. The summed E-state index contributed by atoms with van der Waals surface area (Å²) in [6, 6.07) is 12.3. The largest absolute Gasteiger partial charge is 0.308 e. The molecule has 0 saturated carbocycles. The number of nitrogens with one attached hydrogen (secondary N) is 1. The third-order valence-electron chi connectivity index (χ3n) is 3.01. The van der Waals surface area contributed by atoms with Crippen molar-refractivity contribution < 1.29 is 0 Å². The van der Waals surface area contributed by atoms with Crippen LogP contribution in [-0.4, -0.2) is 9.97 Å². The van der Waals surface area contributed by atoms with Gasteiger partial charge in [-0.3, -0.25) is 0 Å². The van der Waals surface area contributed by atoms with Crippen molar-refractivity contribution in [1.29, 1.82) is 0 Å². The lowest BCUT2D eigenvalue weighted by Crippen LogP contribution is -2.12. The second-order valence-electron chi connectivity index (χ2n) is 4.88. The van der Waals surface area contributed by atoms with E-state index >= 15 is 0 Å². The Kier molecular flexibility index (Phi) is 4.47. The molecule has 0 aliphatic rings. The quantitative estimate of drug-likeness (QED) is 0.637. The van der Waals surface area contributed by atoms with Crippen LogP contribution in [0.25, 0.3) is 0 Å². The van der Waals surface area contributed by atoms with Gasteiger partial charge in [0.1, 0.15) is 11.6 Å². The Balaban J connectivity index is 2.13. The Morgan fingerprint density at radius 2 is 1.84 bits per heavy atom. The van der Waals surface area contributed by atoms with Crippen LogP contribution in [0, 0.1) is 0 Å². The number of anilines is 1. The van der Waals surface area contributed by atoms with Crippen LogP contribution in [0.5, 0.6) is 0 Å². The van der Waals surface area contributed by atoms with E-state index in [1.807, 2.05) is 24.3 Å². The van der Waals surface area contributed by atoms with E-state index in [9.17, 15) is 0 Å². The second kappa shape index (κ2) is 6.29. The highest BCUT2D eigenvalue weighted by Crippen LogP contribution is 2.16.